The van der Waals surface area contributed by atoms with Crippen LogP contribution in [-0.4, -0.2) is 34.4 Å². The monoisotopic (exact) mass is 389 g/mol. The van der Waals surface area contributed by atoms with Gasteiger partial charge in [-0.25, -0.2) is 16.8 Å². The molecule has 0 bridgehead atoms. The molecular formula is C19H19NO4S2. The largest absolute Gasteiger partial charge is 0.243 e. The third-order valence-electron chi connectivity index (χ3n) is 4.18. The second-order valence-corrected chi connectivity index (χ2v) is 10.2. The average Bonchev–Trinajstić information content (AvgIpc) is 2.61. The summed E-state index contributed by atoms with van der Waals surface area (Å²) in [6.45, 7) is 0.223. The molecule has 7 heteroatoms. The molecule has 0 N–H and O–H groups in total. The van der Waals surface area contributed by atoms with E-state index in [1.165, 1.54) is 35.6 Å². The molecule has 0 unspecified atom stereocenters. The van der Waals surface area contributed by atoms with Crippen LogP contribution in [0.2, 0.25) is 0 Å². The summed E-state index contributed by atoms with van der Waals surface area (Å²) in [5.41, 5.74) is 0.877. The summed E-state index contributed by atoms with van der Waals surface area (Å²) in [7, 11) is -5.57. The van der Waals surface area contributed by atoms with Crippen molar-refractivity contribution in [2.24, 2.45) is 0 Å². The van der Waals surface area contributed by atoms with Crippen molar-refractivity contribution in [3.05, 3.63) is 72.3 Å². The zero-order chi connectivity index (χ0) is 18.9. The maximum Gasteiger partial charge on any atom is 0.243 e. The van der Waals surface area contributed by atoms with E-state index in [0.717, 1.165) is 22.6 Å². The minimum Gasteiger partial charge on any atom is -0.224 e. The molecule has 0 radical (unpaired) electrons. The average molecular weight is 389 g/mol. The van der Waals surface area contributed by atoms with Gasteiger partial charge >= 0.3 is 0 Å². The van der Waals surface area contributed by atoms with Gasteiger partial charge < -0.3 is 0 Å². The van der Waals surface area contributed by atoms with Crippen LogP contribution in [-0.2, 0) is 26.4 Å². The molecule has 5 nitrogen and oxygen atoms in total. The summed E-state index contributed by atoms with van der Waals surface area (Å²) in [5, 5.41) is 2.14. The maximum atomic E-state index is 12.7. The Kier molecular flexibility index (Phi) is 4.88. The molecule has 0 saturated heterocycles. The fourth-order valence-corrected chi connectivity index (χ4v) is 4.51. The quantitative estimate of drug-likeness (QED) is 0.672. The summed E-state index contributed by atoms with van der Waals surface area (Å²) in [4.78, 5) is 0.154. The van der Waals surface area contributed by atoms with E-state index in [1.807, 2.05) is 42.5 Å². The first-order valence-electron chi connectivity index (χ1n) is 7.92. The van der Waals surface area contributed by atoms with Crippen LogP contribution in [0.3, 0.4) is 0 Å². The Morgan fingerprint density at radius 2 is 1.35 bits per heavy atom. The van der Waals surface area contributed by atoms with E-state index in [-0.39, 0.29) is 16.3 Å². The molecule has 136 valence electrons. The molecule has 26 heavy (non-hydrogen) atoms. The minimum absolute atomic E-state index is 0.0631. The number of fused-ring (bicyclic) bond motifs is 1. The van der Waals surface area contributed by atoms with Gasteiger partial charge in [-0.2, -0.15) is 4.31 Å². The normalized spacial score (nSPS) is 12.6. The van der Waals surface area contributed by atoms with Crippen molar-refractivity contribution in [1.82, 2.24) is 4.31 Å². The van der Waals surface area contributed by atoms with E-state index in [4.69, 9.17) is 0 Å². The molecule has 3 rings (SSSR count). The van der Waals surface area contributed by atoms with E-state index in [1.54, 1.807) is 0 Å². The number of hydrogen-bond acceptors (Lipinski definition) is 4. The summed E-state index contributed by atoms with van der Waals surface area (Å²) in [5.74, 6) is 0. The molecule has 0 aliphatic heterocycles. The van der Waals surface area contributed by atoms with Crippen LogP contribution in [0.25, 0.3) is 10.8 Å². The highest BCUT2D eigenvalue weighted by Crippen LogP contribution is 2.21. The Balaban J connectivity index is 1.86. The van der Waals surface area contributed by atoms with Crippen LogP contribution < -0.4 is 0 Å². The van der Waals surface area contributed by atoms with Crippen molar-refractivity contribution in [3.8, 4) is 0 Å². The highest BCUT2D eigenvalue weighted by atomic mass is 32.2. The van der Waals surface area contributed by atoms with Crippen molar-refractivity contribution in [1.29, 1.82) is 0 Å². The topological polar surface area (TPSA) is 71.5 Å². The Morgan fingerprint density at radius 1 is 0.769 bits per heavy atom. The van der Waals surface area contributed by atoms with Crippen LogP contribution in [0.15, 0.2) is 76.5 Å². The molecule has 3 aromatic rings. The van der Waals surface area contributed by atoms with Crippen LogP contribution in [0.5, 0.6) is 0 Å². The molecule has 0 heterocycles. The second-order valence-electron chi connectivity index (χ2n) is 6.19. The van der Waals surface area contributed by atoms with Crippen LogP contribution >= 0.6 is 0 Å². The van der Waals surface area contributed by atoms with Crippen LogP contribution in [0, 0.1) is 0 Å². The highest BCUT2D eigenvalue weighted by Gasteiger charge is 2.21. The lowest BCUT2D eigenvalue weighted by atomic mass is 10.1. The third-order valence-corrected chi connectivity index (χ3v) is 7.13. The van der Waals surface area contributed by atoms with Gasteiger partial charge in [0.25, 0.3) is 0 Å². The van der Waals surface area contributed by atoms with E-state index in [0.29, 0.717) is 0 Å². The number of rotatable bonds is 5. The van der Waals surface area contributed by atoms with E-state index < -0.39 is 19.9 Å². The lowest BCUT2D eigenvalue weighted by Crippen LogP contribution is -2.26. The van der Waals surface area contributed by atoms with Gasteiger partial charge in [-0.3, -0.25) is 0 Å². The Morgan fingerprint density at radius 3 is 1.96 bits per heavy atom. The fraction of sp³-hybridized carbons (Fsp3) is 0.158. The molecule has 0 fully saturated rings. The standard InChI is InChI=1S/C19H19NO4S2/c1-20(14-15-7-8-16-5-3-4-6-17(16)13-15)26(23,24)19-11-9-18(10-12-19)25(2,21)22/h3-13H,14H2,1-2H3. The van der Waals surface area contributed by atoms with E-state index >= 15 is 0 Å². The maximum absolute atomic E-state index is 12.7. The Hall–Kier alpha value is -2.22. The van der Waals surface area contributed by atoms with Gasteiger partial charge in [0.1, 0.15) is 0 Å². The molecule has 0 aromatic heterocycles. The third kappa shape index (κ3) is 3.80. The van der Waals surface area contributed by atoms with Gasteiger partial charge in [-0.1, -0.05) is 36.4 Å². The van der Waals surface area contributed by atoms with Crippen molar-refractivity contribution < 1.29 is 16.8 Å². The summed E-state index contributed by atoms with van der Waals surface area (Å²) >= 11 is 0. The minimum atomic E-state index is -3.71. The first-order valence-corrected chi connectivity index (χ1v) is 11.3. The molecule has 0 aliphatic rings. The lowest BCUT2D eigenvalue weighted by molar-refractivity contribution is 0.467. The predicted molar refractivity (Wildman–Crippen MR) is 102 cm³/mol. The van der Waals surface area contributed by atoms with Gasteiger partial charge in [0, 0.05) is 19.8 Å². The Bertz CT molecular complexity index is 1150. The zero-order valence-electron chi connectivity index (χ0n) is 14.5. The number of sulfone groups is 1. The van der Waals surface area contributed by atoms with Gasteiger partial charge in [-0.15, -0.1) is 0 Å². The summed E-state index contributed by atoms with van der Waals surface area (Å²) < 4.78 is 49.8. The van der Waals surface area contributed by atoms with Crippen molar-refractivity contribution in [3.63, 3.8) is 0 Å². The lowest BCUT2D eigenvalue weighted by Gasteiger charge is -2.18. The molecule has 0 spiro atoms. The van der Waals surface area contributed by atoms with Gasteiger partial charge in [-0.05, 0) is 46.7 Å². The highest BCUT2D eigenvalue weighted by molar-refractivity contribution is 7.90. The molecule has 3 aromatic carbocycles. The molecule has 0 atom stereocenters. The SMILES string of the molecule is CN(Cc1ccc2ccccc2c1)S(=O)(=O)c1ccc(S(C)(=O)=O)cc1. The van der Waals surface area contributed by atoms with Crippen molar-refractivity contribution >= 4 is 30.6 Å². The van der Waals surface area contributed by atoms with Crippen LogP contribution in [0.4, 0.5) is 0 Å². The van der Waals surface area contributed by atoms with Crippen molar-refractivity contribution in [2.45, 2.75) is 16.3 Å². The first-order chi connectivity index (χ1) is 12.2. The molecule has 0 aliphatic carbocycles. The van der Waals surface area contributed by atoms with Gasteiger partial charge in [0.15, 0.2) is 9.84 Å². The molecular weight excluding hydrogens is 370 g/mol. The van der Waals surface area contributed by atoms with E-state index in [9.17, 15) is 16.8 Å². The molecule has 0 saturated carbocycles. The number of sulfonamides is 1. The van der Waals surface area contributed by atoms with Crippen molar-refractivity contribution in [2.75, 3.05) is 13.3 Å². The zero-order valence-corrected chi connectivity index (χ0v) is 16.1. The van der Waals surface area contributed by atoms with Crippen LogP contribution in [0.1, 0.15) is 5.56 Å². The van der Waals surface area contributed by atoms with Gasteiger partial charge in [0.05, 0.1) is 9.79 Å². The fourth-order valence-electron chi connectivity index (χ4n) is 2.72. The number of hydrogen-bond donors (Lipinski definition) is 0. The molecule has 0 amide bonds. The second kappa shape index (κ2) is 6.83. The van der Waals surface area contributed by atoms with E-state index in [2.05, 4.69) is 0 Å². The number of nitrogens with zero attached hydrogens (tertiary/aromatic N) is 1. The first kappa shape index (κ1) is 18.6. The smallest absolute Gasteiger partial charge is 0.224 e. The predicted octanol–water partition coefficient (Wildman–Crippen LogP) is 3.06. The summed E-state index contributed by atoms with van der Waals surface area (Å²) in [6, 6.07) is 19.0. The summed E-state index contributed by atoms with van der Waals surface area (Å²) in [6.07, 6.45) is 1.09. The Labute approximate surface area is 153 Å². The number of benzene rings is 3. The van der Waals surface area contributed by atoms with Gasteiger partial charge in [0.2, 0.25) is 10.0 Å².